The van der Waals surface area contributed by atoms with Crippen LogP contribution in [0, 0.1) is 6.92 Å². The quantitative estimate of drug-likeness (QED) is 0.898. The molecule has 1 aliphatic heterocycles. The van der Waals surface area contributed by atoms with Crippen molar-refractivity contribution in [1.82, 2.24) is 9.97 Å². The summed E-state index contributed by atoms with van der Waals surface area (Å²) in [5, 5.41) is 2.87. The van der Waals surface area contributed by atoms with Gasteiger partial charge in [-0.1, -0.05) is 12.1 Å². The summed E-state index contributed by atoms with van der Waals surface area (Å²) in [6.07, 6.45) is 0. The normalized spacial score (nSPS) is 14.2. The van der Waals surface area contributed by atoms with Crippen LogP contribution in [-0.2, 0) is 4.74 Å². The van der Waals surface area contributed by atoms with E-state index in [4.69, 9.17) is 9.47 Å². The number of rotatable bonds is 5. The molecule has 0 radical (unpaired) electrons. The SMILES string of the molecule is CCOc1ccccc1NC(=O)c1cc(C)nc(N2CCOCC2)n1. The first-order chi connectivity index (χ1) is 12.2. The fraction of sp³-hybridized carbons (Fsp3) is 0.389. The molecule has 1 aliphatic rings. The zero-order valence-electron chi connectivity index (χ0n) is 14.5. The van der Waals surface area contributed by atoms with Crippen LogP contribution in [0.2, 0.25) is 0 Å². The lowest BCUT2D eigenvalue weighted by Crippen LogP contribution is -2.37. The summed E-state index contributed by atoms with van der Waals surface area (Å²) in [6, 6.07) is 9.03. The Bertz CT molecular complexity index is 745. The highest BCUT2D eigenvalue weighted by Crippen LogP contribution is 2.24. The van der Waals surface area contributed by atoms with E-state index in [1.165, 1.54) is 0 Å². The highest BCUT2D eigenvalue weighted by molar-refractivity contribution is 6.03. The summed E-state index contributed by atoms with van der Waals surface area (Å²) in [4.78, 5) is 23.6. The summed E-state index contributed by atoms with van der Waals surface area (Å²) in [6.45, 7) is 7.01. The summed E-state index contributed by atoms with van der Waals surface area (Å²) >= 11 is 0. The van der Waals surface area contributed by atoms with Gasteiger partial charge in [-0.25, -0.2) is 9.97 Å². The molecule has 7 heteroatoms. The van der Waals surface area contributed by atoms with Crippen LogP contribution in [0.15, 0.2) is 30.3 Å². The first kappa shape index (κ1) is 17.2. The number of ether oxygens (including phenoxy) is 2. The number of morpholine rings is 1. The Hall–Kier alpha value is -2.67. The molecule has 2 aromatic rings. The number of carbonyl (C=O) groups excluding carboxylic acids is 1. The Balaban J connectivity index is 1.81. The van der Waals surface area contributed by atoms with Gasteiger partial charge in [0.15, 0.2) is 0 Å². The van der Waals surface area contributed by atoms with Crippen molar-refractivity contribution < 1.29 is 14.3 Å². The van der Waals surface area contributed by atoms with Gasteiger partial charge in [-0.3, -0.25) is 4.79 Å². The molecule has 1 N–H and O–H groups in total. The Labute approximate surface area is 147 Å². The largest absolute Gasteiger partial charge is 0.492 e. The number of benzene rings is 1. The number of amides is 1. The van der Waals surface area contributed by atoms with E-state index in [1.807, 2.05) is 36.9 Å². The van der Waals surface area contributed by atoms with Crippen molar-refractivity contribution in [1.29, 1.82) is 0 Å². The maximum Gasteiger partial charge on any atom is 0.274 e. The first-order valence-corrected chi connectivity index (χ1v) is 8.39. The Morgan fingerprint density at radius 1 is 1.28 bits per heavy atom. The lowest BCUT2D eigenvalue weighted by Gasteiger charge is -2.27. The van der Waals surface area contributed by atoms with Crippen LogP contribution in [0.3, 0.4) is 0 Å². The molecule has 0 atom stereocenters. The van der Waals surface area contributed by atoms with Gasteiger partial charge < -0.3 is 19.7 Å². The second-order valence-electron chi connectivity index (χ2n) is 5.68. The molecule has 1 aromatic carbocycles. The monoisotopic (exact) mass is 342 g/mol. The zero-order chi connectivity index (χ0) is 17.6. The number of anilines is 2. The van der Waals surface area contributed by atoms with Gasteiger partial charge in [0.05, 0.1) is 25.5 Å². The van der Waals surface area contributed by atoms with Crippen LogP contribution in [0.5, 0.6) is 5.75 Å². The van der Waals surface area contributed by atoms with E-state index in [2.05, 4.69) is 15.3 Å². The van der Waals surface area contributed by atoms with Crippen LogP contribution in [0.25, 0.3) is 0 Å². The molecule has 2 heterocycles. The van der Waals surface area contributed by atoms with Crippen molar-refractivity contribution >= 4 is 17.5 Å². The Kier molecular flexibility index (Phi) is 5.45. The number of nitrogens with zero attached hydrogens (tertiary/aromatic N) is 3. The minimum atomic E-state index is -0.285. The summed E-state index contributed by atoms with van der Waals surface area (Å²) < 4.78 is 10.9. The molecule has 1 aromatic heterocycles. The molecule has 1 amide bonds. The molecule has 3 rings (SSSR count). The number of aryl methyl sites for hydroxylation is 1. The van der Waals surface area contributed by atoms with E-state index in [0.29, 0.717) is 42.9 Å². The summed E-state index contributed by atoms with van der Waals surface area (Å²) in [5.74, 6) is 0.913. The van der Waals surface area contributed by atoms with E-state index < -0.39 is 0 Å². The van der Waals surface area contributed by atoms with Gasteiger partial charge in [0, 0.05) is 18.8 Å². The van der Waals surface area contributed by atoms with Gasteiger partial charge in [0.25, 0.3) is 5.91 Å². The molecule has 0 unspecified atom stereocenters. The second-order valence-corrected chi connectivity index (χ2v) is 5.68. The third kappa shape index (κ3) is 4.24. The average Bonchev–Trinajstić information content (AvgIpc) is 2.64. The van der Waals surface area contributed by atoms with E-state index in [-0.39, 0.29) is 5.91 Å². The number of aromatic nitrogens is 2. The van der Waals surface area contributed by atoms with Gasteiger partial charge in [0.1, 0.15) is 11.4 Å². The third-order valence-electron chi connectivity index (χ3n) is 3.80. The molecular formula is C18H22N4O3. The second kappa shape index (κ2) is 7.94. The highest BCUT2D eigenvalue weighted by Gasteiger charge is 2.18. The summed E-state index contributed by atoms with van der Waals surface area (Å²) in [5.41, 5.74) is 1.71. The van der Waals surface area contributed by atoms with Crippen molar-refractivity contribution in [3.05, 3.63) is 41.7 Å². The number of hydrogen-bond acceptors (Lipinski definition) is 6. The van der Waals surface area contributed by atoms with E-state index in [1.54, 1.807) is 12.1 Å². The van der Waals surface area contributed by atoms with Crippen LogP contribution >= 0.6 is 0 Å². The lowest BCUT2D eigenvalue weighted by molar-refractivity contribution is 0.102. The molecule has 0 saturated carbocycles. The van der Waals surface area contributed by atoms with Crippen molar-refractivity contribution in [2.45, 2.75) is 13.8 Å². The number of hydrogen-bond donors (Lipinski definition) is 1. The molecule has 1 saturated heterocycles. The molecule has 1 fully saturated rings. The molecule has 0 aliphatic carbocycles. The number of nitrogens with one attached hydrogen (secondary N) is 1. The summed E-state index contributed by atoms with van der Waals surface area (Å²) in [7, 11) is 0. The number of para-hydroxylation sites is 2. The predicted molar refractivity (Wildman–Crippen MR) is 95.4 cm³/mol. The Morgan fingerprint density at radius 3 is 2.80 bits per heavy atom. The van der Waals surface area contributed by atoms with E-state index in [0.717, 1.165) is 18.8 Å². The van der Waals surface area contributed by atoms with Gasteiger partial charge in [-0.15, -0.1) is 0 Å². The van der Waals surface area contributed by atoms with Crippen LogP contribution in [-0.4, -0.2) is 48.8 Å². The minimum Gasteiger partial charge on any atom is -0.492 e. The van der Waals surface area contributed by atoms with Crippen molar-refractivity contribution in [2.24, 2.45) is 0 Å². The van der Waals surface area contributed by atoms with Gasteiger partial charge in [-0.05, 0) is 32.0 Å². The fourth-order valence-corrected chi connectivity index (χ4v) is 2.61. The first-order valence-electron chi connectivity index (χ1n) is 8.39. The maximum atomic E-state index is 12.7. The van der Waals surface area contributed by atoms with Crippen LogP contribution < -0.4 is 15.0 Å². The van der Waals surface area contributed by atoms with Crippen molar-refractivity contribution in [2.75, 3.05) is 43.1 Å². The molecule has 132 valence electrons. The lowest BCUT2D eigenvalue weighted by atomic mass is 10.2. The predicted octanol–water partition coefficient (Wildman–Crippen LogP) is 2.27. The molecule has 0 spiro atoms. The molecule has 0 bridgehead atoms. The van der Waals surface area contributed by atoms with Crippen LogP contribution in [0.4, 0.5) is 11.6 Å². The van der Waals surface area contributed by atoms with E-state index in [9.17, 15) is 4.79 Å². The third-order valence-corrected chi connectivity index (χ3v) is 3.80. The average molecular weight is 342 g/mol. The van der Waals surface area contributed by atoms with Crippen molar-refractivity contribution in [3.8, 4) is 5.75 Å². The Morgan fingerprint density at radius 2 is 2.04 bits per heavy atom. The topological polar surface area (TPSA) is 76.6 Å². The van der Waals surface area contributed by atoms with Gasteiger partial charge >= 0.3 is 0 Å². The zero-order valence-corrected chi connectivity index (χ0v) is 14.5. The van der Waals surface area contributed by atoms with Gasteiger partial charge in [0.2, 0.25) is 5.95 Å². The molecular weight excluding hydrogens is 320 g/mol. The van der Waals surface area contributed by atoms with Crippen molar-refractivity contribution in [3.63, 3.8) is 0 Å². The van der Waals surface area contributed by atoms with Gasteiger partial charge in [-0.2, -0.15) is 0 Å². The molecule has 7 nitrogen and oxygen atoms in total. The number of carbonyl (C=O) groups is 1. The van der Waals surface area contributed by atoms with E-state index >= 15 is 0 Å². The minimum absolute atomic E-state index is 0.285. The smallest absolute Gasteiger partial charge is 0.274 e. The maximum absolute atomic E-state index is 12.7. The van der Waals surface area contributed by atoms with Crippen LogP contribution in [0.1, 0.15) is 23.1 Å². The fourth-order valence-electron chi connectivity index (χ4n) is 2.61. The standard InChI is InChI=1S/C18H22N4O3/c1-3-25-16-7-5-4-6-14(16)20-17(23)15-12-13(2)19-18(21-15)22-8-10-24-11-9-22/h4-7,12H,3,8-11H2,1-2H3,(H,20,23). The highest BCUT2D eigenvalue weighted by atomic mass is 16.5. The molecule has 25 heavy (non-hydrogen) atoms.